The number of aryl methyl sites for hydroxylation is 1. The SMILES string of the molecule is Cc1sc2ccccc2c1C1(N)CC1. The predicted octanol–water partition coefficient (Wildman–Crippen LogP) is 3.16. The van der Waals surface area contributed by atoms with Crippen molar-refractivity contribution in [1.29, 1.82) is 0 Å². The maximum Gasteiger partial charge on any atom is 0.0428 e. The molecule has 72 valence electrons. The summed E-state index contributed by atoms with van der Waals surface area (Å²) >= 11 is 1.87. The number of benzene rings is 1. The van der Waals surface area contributed by atoms with Gasteiger partial charge in [-0.2, -0.15) is 0 Å². The summed E-state index contributed by atoms with van der Waals surface area (Å²) in [6.07, 6.45) is 2.29. The second kappa shape index (κ2) is 2.59. The molecule has 2 heteroatoms. The van der Waals surface area contributed by atoms with E-state index in [1.54, 1.807) is 0 Å². The molecule has 0 spiro atoms. The van der Waals surface area contributed by atoms with E-state index in [2.05, 4.69) is 31.2 Å². The summed E-state index contributed by atoms with van der Waals surface area (Å²) in [6, 6.07) is 8.57. The lowest BCUT2D eigenvalue weighted by Crippen LogP contribution is -2.19. The second-order valence-electron chi connectivity index (χ2n) is 4.19. The fraction of sp³-hybridized carbons (Fsp3) is 0.333. The monoisotopic (exact) mass is 203 g/mol. The van der Waals surface area contributed by atoms with Gasteiger partial charge in [0.2, 0.25) is 0 Å². The highest BCUT2D eigenvalue weighted by Crippen LogP contribution is 2.49. The van der Waals surface area contributed by atoms with Gasteiger partial charge in [-0.3, -0.25) is 0 Å². The van der Waals surface area contributed by atoms with Crippen LogP contribution in [0.15, 0.2) is 24.3 Å². The van der Waals surface area contributed by atoms with Crippen LogP contribution in [0.2, 0.25) is 0 Å². The molecule has 0 bridgehead atoms. The van der Waals surface area contributed by atoms with Gasteiger partial charge in [0.05, 0.1) is 0 Å². The number of rotatable bonds is 1. The fourth-order valence-corrected chi connectivity index (χ4v) is 3.34. The molecule has 1 saturated carbocycles. The molecule has 1 fully saturated rings. The third-order valence-corrected chi connectivity index (χ3v) is 4.14. The molecular weight excluding hydrogens is 190 g/mol. The Bertz CT molecular complexity index is 494. The summed E-state index contributed by atoms with van der Waals surface area (Å²) in [5.74, 6) is 0. The molecule has 3 rings (SSSR count). The highest BCUT2D eigenvalue weighted by atomic mass is 32.1. The van der Waals surface area contributed by atoms with Gasteiger partial charge in [0.25, 0.3) is 0 Å². The average Bonchev–Trinajstić information content (AvgIpc) is 2.79. The molecule has 0 unspecified atom stereocenters. The molecule has 14 heavy (non-hydrogen) atoms. The molecule has 1 nitrogen and oxygen atoms in total. The van der Waals surface area contributed by atoms with Gasteiger partial charge < -0.3 is 5.73 Å². The van der Waals surface area contributed by atoms with Crippen LogP contribution in [-0.2, 0) is 5.54 Å². The number of hydrogen-bond acceptors (Lipinski definition) is 2. The van der Waals surface area contributed by atoms with E-state index in [1.807, 2.05) is 11.3 Å². The Balaban J connectivity index is 2.36. The van der Waals surface area contributed by atoms with Crippen LogP contribution in [0.1, 0.15) is 23.3 Å². The van der Waals surface area contributed by atoms with Gasteiger partial charge in [0.1, 0.15) is 0 Å². The maximum absolute atomic E-state index is 6.29. The quantitative estimate of drug-likeness (QED) is 0.757. The molecule has 0 aliphatic heterocycles. The first-order valence-electron chi connectivity index (χ1n) is 4.98. The Labute approximate surface area is 87.5 Å². The van der Waals surface area contributed by atoms with Crippen molar-refractivity contribution in [3.05, 3.63) is 34.7 Å². The summed E-state index contributed by atoms with van der Waals surface area (Å²) in [5, 5.41) is 1.37. The highest BCUT2D eigenvalue weighted by molar-refractivity contribution is 7.19. The summed E-state index contributed by atoms with van der Waals surface area (Å²) in [5.41, 5.74) is 7.69. The molecule has 0 saturated heterocycles. The lowest BCUT2D eigenvalue weighted by atomic mass is 10.0. The van der Waals surface area contributed by atoms with Gasteiger partial charge in [0.15, 0.2) is 0 Å². The molecular formula is C12H13NS. The van der Waals surface area contributed by atoms with Crippen molar-refractivity contribution in [3.63, 3.8) is 0 Å². The van der Waals surface area contributed by atoms with Crippen LogP contribution < -0.4 is 5.73 Å². The molecule has 1 aliphatic carbocycles. The molecule has 2 N–H and O–H groups in total. The van der Waals surface area contributed by atoms with Gasteiger partial charge in [-0.05, 0) is 36.8 Å². The minimum atomic E-state index is 0.00366. The second-order valence-corrected chi connectivity index (χ2v) is 5.44. The topological polar surface area (TPSA) is 26.0 Å². The molecule has 1 aromatic carbocycles. The van der Waals surface area contributed by atoms with Crippen LogP contribution in [0.3, 0.4) is 0 Å². The Hall–Kier alpha value is -0.860. The Kier molecular flexibility index (Phi) is 1.56. The lowest BCUT2D eigenvalue weighted by Gasteiger charge is -2.08. The number of nitrogens with two attached hydrogens (primary N) is 1. The van der Waals surface area contributed by atoms with Crippen molar-refractivity contribution >= 4 is 21.4 Å². The van der Waals surface area contributed by atoms with E-state index in [9.17, 15) is 0 Å². The first-order chi connectivity index (χ1) is 6.71. The van der Waals surface area contributed by atoms with Crippen molar-refractivity contribution in [1.82, 2.24) is 0 Å². The molecule has 2 aromatic rings. The Morgan fingerprint density at radius 2 is 2.00 bits per heavy atom. The molecule has 0 atom stereocenters. The maximum atomic E-state index is 6.29. The normalized spacial score (nSPS) is 18.7. The van der Waals surface area contributed by atoms with Crippen molar-refractivity contribution < 1.29 is 0 Å². The first kappa shape index (κ1) is 8.45. The van der Waals surface area contributed by atoms with E-state index in [0.717, 1.165) is 12.8 Å². The van der Waals surface area contributed by atoms with E-state index in [1.165, 1.54) is 20.5 Å². The van der Waals surface area contributed by atoms with Crippen LogP contribution in [0.5, 0.6) is 0 Å². The zero-order chi connectivity index (χ0) is 9.76. The van der Waals surface area contributed by atoms with Crippen LogP contribution in [0.4, 0.5) is 0 Å². The molecule has 1 aliphatic rings. The third kappa shape index (κ3) is 1.04. The van der Waals surface area contributed by atoms with E-state index in [-0.39, 0.29) is 5.54 Å². The summed E-state index contributed by atoms with van der Waals surface area (Å²) in [4.78, 5) is 1.39. The number of hydrogen-bond donors (Lipinski definition) is 1. The molecule has 0 amide bonds. The van der Waals surface area contributed by atoms with Crippen molar-refractivity contribution in [2.75, 3.05) is 0 Å². The van der Waals surface area contributed by atoms with Crippen LogP contribution in [0, 0.1) is 6.92 Å². The van der Waals surface area contributed by atoms with Gasteiger partial charge in [0, 0.05) is 15.1 Å². The standard InChI is InChI=1S/C12H13NS/c1-8-11(12(13)6-7-12)9-4-2-3-5-10(9)14-8/h2-5H,6-7,13H2,1H3. The van der Waals surface area contributed by atoms with E-state index in [4.69, 9.17) is 5.73 Å². The smallest absolute Gasteiger partial charge is 0.0428 e. The van der Waals surface area contributed by atoms with Crippen LogP contribution in [-0.4, -0.2) is 0 Å². The highest BCUT2D eigenvalue weighted by Gasteiger charge is 2.42. The molecule has 0 radical (unpaired) electrons. The first-order valence-corrected chi connectivity index (χ1v) is 5.80. The zero-order valence-electron chi connectivity index (χ0n) is 8.21. The fourth-order valence-electron chi connectivity index (χ4n) is 2.17. The van der Waals surface area contributed by atoms with Crippen LogP contribution >= 0.6 is 11.3 Å². The summed E-state index contributed by atoms with van der Waals surface area (Å²) in [6.45, 7) is 2.19. The van der Waals surface area contributed by atoms with E-state index in [0.29, 0.717) is 0 Å². The van der Waals surface area contributed by atoms with Gasteiger partial charge in [-0.1, -0.05) is 18.2 Å². The Morgan fingerprint density at radius 3 is 2.71 bits per heavy atom. The van der Waals surface area contributed by atoms with E-state index >= 15 is 0 Å². The summed E-state index contributed by atoms with van der Waals surface area (Å²) < 4.78 is 1.37. The number of thiophene rings is 1. The van der Waals surface area contributed by atoms with Crippen molar-refractivity contribution in [2.24, 2.45) is 5.73 Å². The molecule has 1 aromatic heterocycles. The van der Waals surface area contributed by atoms with Gasteiger partial charge >= 0.3 is 0 Å². The van der Waals surface area contributed by atoms with Crippen molar-refractivity contribution in [3.8, 4) is 0 Å². The average molecular weight is 203 g/mol. The minimum absolute atomic E-state index is 0.00366. The van der Waals surface area contributed by atoms with Crippen molar-refractivity contribution in [2.45, 2.75) is 25.3 Å². The largest absolute Gasteiger partial charge is 0.321 e. The Morgan fingerprint density at radius 1 is 1.29 bits per heavy atom. The summed E-state index contributed by atoms with van der Waals surface area (Å²) in [7, 11) is 0. The lowest BCUT2D eigenvalue weighted by molar-refractivity contribution is 0.745. The zero-order valence-corrected chi connectivity index (χ0v) is 9.03. The van der Waals surface area contributed by atoms with Gasteiger partial charge in [-0.25, -0.2) is 0 Å². The number of fused-ring (bicyclic) bond motifs is 1. The van der Waals surface area contributed by atoms with E-state index < -0.39 is 0 Å². The van der Waals surface area contributed by atoms with Crippen LogP contribution in [0.25, 0.3) is 10.1 Å². The third-order valence-electron chi connectivity index (χ3n) is 3.06. The van der Waals surface area contributed by atoms with Gasteiger partial charge in [-0.15, -0.1) is 11.3 Å². The molecule has 1 heterocycles. The minimum Gasteiger partial charge on any atom is -0.321 e. The predicted molar refractivity (Wildman–Crippen MR) is 61.7 cm³/mol.